The lowest BCUT2D eigenvalue weighted by Gasteiger charge is -2.26. The number of amidine groups is 1. The van der Waals surface area contributed by atoms with Crippen molar-refractivity contribution in [1.82, 2.24) is 0 Å². The summed E-state index contributed by atoms with van der Waals surface area (Å²) < 4.78 is 24.2. The number of thioether (sulfide) groups is 1. The van der Waals surface area contributed by atoms with Crippen LogP contribution in [0.3, 0.4) is 0 Å². The lowest BCUT2D eigenvalue weighted by Crippen LogP contribution is -2.39. The molecule has 27 heavy (non-hydrogen) atoms. The van der Waals surface area contributed by atoms with E-state index in [9.17, 15) is 8.42 Å². The van der Waals surface area contributed by atoms with Crippen LogP contribution in [-0.2, 0) is 15.6 Å². The Morgan fingerprint density at radius 1 is 1.15 bits per heavy atom. The molecule has 2 atom stereocenters. The summed E-state index contributed by atoms with van der Waals surface area (Å²) in [6.45, 7) is 4.22. The van der Waals surface area contributed by atoms with E-state index in [1.54, 1.807) is 11.8 Å². The Morgan fingerprint density at radius 3 is 2.70 bits per heavy atom. The van der Waals surface area contributed by atoms with Crippen LogP contribution in [0.25, 0.3) is 0 Å². The normalized spacial score (nSPS) is 23.4. The van der Waals surface area contributed by atoms with Gasteiger partial charge in [-0.25, -0.2) is 8.42 Å². The van der Waals surface area contributed by atoms with Crippen molar-refractivity contribution in [2.24, 2.45) is 4.99 Å². The molecule has 142 valence electrons. The number of fused-ring (bicyclic) bond motifs is 1. The van der Waals surface area contributed by atoms with E-state index in [0.29, 0.717) is 5.02 Å². The molecule has 4 nitrogen and oxygen atoms in total. The van der Waals surface area contributed by atoms with E-state index < -0.39 is 9.84 Å². The minimum atomic E-state index is -3.05. The predicted octanol–water partition coefficient (Wildman–Crippen LogP) is 4.23. The van der Waals surface area contributed by atoms with Gasteiger partial charge in [0.25, 0.3) is 0 Å². The zero-order valence-corrected chi connectivity index (χ0v) is 17.6. The fourth-order valence-electron chi connectivity index (χ4n) is 3.60. The molecule has 2 aromatic rings. The lowest BCUT2D eigenvalue weighted by molar-refractivity contribution is 0.601. The molecule has 0 aromatic heterocycles. The van der Waals surface area contributed by atoms with Gasteiger partial charge in [0, 0.05) is 16.5 Å². The van der Waals surface area contributed by atoms with Crippen LogP contribution in [0.1, 0.15) is 16.7 Å². The van der Waals surface area contributed by atoms with Crippen molar-refractivity contribution in [2.75, 3.05) is 16.4 Å². The van der Waals surface area contributed by atoms with Gasteiger partial charge in [-0.2, -0.15) is 0 Å². The van der Waals surface area contributed by atoms with Gasteiger partial charge in [0.15, 0.2) is 15.0 Å². The minimum absolute atomic E-state index is 0.127. The average molecular weight is 421 g/mol. The molecule has 4 rings (SSSR count). The molecule has 2 aliphatic rings. The molecule has 0 spiro atoms. The summed E-state index contributed by atoms with van der Waals surface area (Å²) in [6.07, 6.45) is 0. The summed E-state index contributed by atoms with van der Waals surface area (Å²) in [6, 6.07) is 13.7. The fraction of sp³-hybridized carbons (Fsp3) is 0.350. The number of benzene rings is 2. The second-order valence-corrected chi connectivity index (χ2v) is 10.7. The highest BCUT2D eigenvalue weighted by atomic mass is 35.5. The predicted molar refractivity (Wildman–Crippen MR) is 115 cm³/mol. The van der Waals surface area contributed by atoms with Gasteiger partial charge < -0.3 is 4.90 Å². The average Bonchev–Trinajstić information content (AvgIpc) is 3.07. The smallest absolute Gasteiger partial charge is 0.164 e. The first kappa shape index (κ1) is 18.8. The molecule has 0 saturated carbocycles. The summed E-state index contributed by atoms with van der Waals surface area (Å²) in [7, 11) is -3.05. The fourth-order valence-corrected chi connectivity index (χ4v) is 6.70. The molecule has 2 aromatic carbocycles. The maximum atomic E-state index is 12.1. The second-order valence-electron chi connectivity index (χ2n) is 7.18. The van der Waals surface area contributed by atoms with Gasteiger partial charge in [0.05, 0.1) is 23.6 Å². The van der Waals surface area contributed by atoms with Crippen molar-refractivity contribution >= 4 is 44.1 Å². The zero-order valence-electron chi connectivity index (χ0n) is 15.2. The number of rotatable bonds is 3. The first-order valence-electron chi connectivity index (χ1n) is 8.84. The summed E-state index contributed by atoms with van der Waals surface area (Å²) in [5.41, 5.74) is 4.69. The summed E-state index contributed by atoms with van der Waals surface area (Å²) in [4.78, 5) is 6.83. The van der Waals surface area contributed by atoms with Gasteiger partial charge in [-0.3, -0.25) is 4.99 Å². The summed E-state index contributed by atoms with van der Waals surface area (Å²) in [5.74, 6) is 1.06. The van der Waals surface area contributed by atoms with Gasteiger partial charge in [-0.05, 0) is 48.7 Å². The highest BCUT2D eigenvalue weighted by Gasteiger charge is 2.47. The number of anilines is 1. The maximum Gasteiger partial charge on any atom is 0.164 e. The number of sulfone groups is 1. The summed E-state index contributed by atoms with van der Waals surface area (Å²) >= 11 is 7.84. The Balaban J connectivity index is 1.62. The monoisotopic (exact) mass is 420 g/mol. The van der Waals surface area contributed by atoms with Crippen LogP contribution >= 0.6 is 23.4 Å². The molecule has 0 aliphatic carbocycles. The second kappa shape index (κ2) is 7.15. The van der Waals surface area contributed by atoms with E-state index in [1.807, 2.05) is 24.3 Å². The quantitative estimate of drug-likeness (QED) is 0.745. The summed E-state index contributed by atoms with van der Waals surface area (Å²) in [5, 5.41) is 1.51. The Bertz CT molecular complexity index is 1020. The molecular weight excluding hydrogens is 400 g/mol. The van der Waals surface area contributed by atoms with Crippen molar-refractivity contribution in [2.45, 2.75) is 31.7 Å². The van der Waals surface area contributed by atoms with E-state index in [-0.39, 0.29) is 23.6 Å². The minimum Gasteiger partial charge on any atom is -0.315 e. The lowest BCUT2D eigenvalue weighted by atomic mass is 10.1. The first-order chi connectivity index (χ1) is 12.8. The molecule has 1 saturated heterocycles. The van der Waals surface area contributed by atoms with Crippen LogP contribution in [0.15, 0.2) is 47.5 Å². The molecule has 2 heterocycles. The van der Waals surface area contributed by atoms with Crippen LogP contribution in [0.5, 0.6) is 0 Å². The van der Waals surface area contributed by atoms with Crippen LogP contribution in [-0.4, -0.2) is 37.2 Å². The van der Waals surface area contributed by atoms with Gasteiger partial charge in [0.2, 0.25) is 0 Å². The SMILES string of the molecule is Cc1ccc(CSC2=N[C@@H]3CS(=O)(=O)C[C@H]3N2c2cccc(Cl)c2)cc1C. The first-order valence-corrected chi connectivity index (χ1v) is 12.0. The molecule has 1 fully saturated rings. The van der Waals surface area contributed by atoms with Crippen LogP contribution in [0.2, 0.25) is 5.02 Å². The Kier molecular flexibility index (Phi) is 4.99. The Morgan fingerprint density at radius 2 is 1.96 bits per heavy atom. The van der Waals surface area contributed by atoms with E-state index in [4.69, 9.17) is 16.6 Å². The van der Waals surface area contributed by atoms with Crippen LogP contribution < -0.4 is 4.90 Å². The Labute approximate surface area is 169 Å². The maximum absolute atomic E-state index is 12.1. The van der Waals surface area contributed by atoms with Crippen molar-refractivity contribution in [3.8, 4) is 0 Å². The number of nitrogens with zero attached hydrogens (tertiary/aromatic N) is 2. The van der Waals surface area contributed by atoms with E-state index in [0.717, 1.165) is 16.6 Å². The Hall–Kier alpha value is -1.50. The molecule has 0 amide bonds. The number of hydrogen-bond donors (Lipinski definition) is 0. The van der Waals surface area contributed by atoms with Crippen molar-refractivity contribution in [1.29, 1.82) is 0 Å². The number of aryl methyl sites for hydroxylation is 2. The third kappa shape index (κ3) is 3.89. The van der Waals surface area contributed by atoms with Gasteiger partial charge >= 0.3 is 0 Å². The molecule has 0 bridgehead atoms. The highest BCUT2D eigenvalue weighted by Crippen LogP contribution is 2.36. The molecule has 0 radical (unpaired) electrons. The van der Waals surface area contributed by atoms with Gasteiger partial charge in [-0.1, -0.05) is 47.6 Å². The van der Waals surface area contributed by atoms with Crippen molar-refractivity contribution < 1.29 is 8.42 Å². The zero-order chi connectivity index (χ0) is 19.2. The largest absolute Gasteiger partial charge is 0.315 e. The molecular formula is C20H21ClN2O2S2. The topological polar surface area (TPSA) is 49.7 Å². The molecule has 0 N–H and O–H groups in total. The number of hydrogen-bond acceptors (Lipinski definition) is 5. The van der Waals surface area contributed by atoms with Gasteiger partial charge in [-0.15, -0.1) is 0 Å². The van der Waals surface area contributed by atoms with Gasteiger partial charge in [0.1, 0.15) is 0 Å². The standard InChI is InChI=1S/C20H21ClN2O2S2/c1-13-6-7-15(8-14(13)2)10-26-20-22-18-11-27(24,25)12-19(18)23(20)17-5-3-4-16(21)9-17/h3-9,18-19H,10-12H2,1-2H3/t18-,19-/m1/s1. The molecule has 2 aliphatic heterocycles. The third-order valence-electron chi connectivity index (χ3n) is 5.13. The number of aliphatic imine (C=N–C) groups is 1. The van der Waals surface area contributed by atoms with Crippen molar-refractivity contribution in [3.05, 3.63) is 64.2 Å². The van der Waals surface area contributed by atoms with Crippen LogP contribution in [0.4, 0.5) is 5.69 Å². The molecule has 0 unspecified atom stereocenters. The molecule has 7 heteroatoms. The van der Waals surface area contributed by atoms with Crippen molar-refractivity contribution in [3.63, 3.8) is 0 Å². The van der Waals surface area contributed by atoms with Crippen LogP contribution in [0, 0.1) is 13.8 Å². The van der Waals surface area contributed by atoms with E-state index in [1.165, 1.54) is 16.7 Å². The third-order valence-corrected chi connectivity index (χ3v) is 8.11. The number of halogens is 1. The highest BCUT2D eigenvalue weighted by molar-refractivity contribution is 8.13. The van der Waals surface area contributed by atoms with E-state index >= 15 is 0 Å². The van der Waals surface area contributed by atoms with E-state index in [2.05, 4.69) is 36.9 Å².